The number of benzene rings is 1. The lowest BCUT2D eigenvalue weighted by Gasteiger charge is -2.11. The van der Waals surface area contributed by atoms with E-state index in [1.165, 1.54) is 0 Å². The SMILES string of the molecule is CCOc1cc(CCN)ccc1OC(=O)CCl. The lowest BCUT2D eigenvalue weighted by atomic mass is 10.1. The Hall–Kier alpha value is -1.26. The van der Waals surface area contributed by atoms with Gasteiger partial charge in [0.15, 0.2) is 11.5 Å². The van der Waals surface area contributed by atoms with Crippen LogP contribution in [0.25, 0.3) is 0 Å². The van der Waals surface area contributed by atoms with E-state index in [0.29, 0.717) is 24.7 Å². The number of carbonyl (C=O) groups excluding carboxylic acids is 1. The van der Waals surface area contributed by atoms with Crippen molar-refractivity contribution in [2.24, 2.45) is 5.73 Å². The molecule has 0 aliphatic rings. The monoisotopic (exact) mass is 257 g/mol. The zero-order valence-electron chi connectivity index (χ0n) is 9.74. The number of halogens is 1. The highest BCUT2D eigenvalue weighted by molar-refractivity contribution is 6.26. The summed E-state index contributed by atoms with van der Waals surface area (Å²) < 4.78 is 10.5. The third-order valence-electron chi connectivity index (χ3n) is 2.07. The van der Waals surface area contributed by atoms with Gasteiger partial charge in [0.05, 0.1) is 6.61 Å². The minimum atomic E-state index is -0.501. The van der Waals surface area contributed by atoms with Gasteiger partial charge in [-0.05, 0) is 37.6 Å². The molecule has 2 N–H and O–H groups in total. The summed E-state index contributed by atoms with van der Waals surface area (Å²) in [4.78, 5) is 11.1. The minimum Gasteiger partial charge on any atom is -0.490 e. The first-order chi connectivity index (χ1) is 8.21. The van der Waals surface area contributed by atoms with Crippen LogP contribution in [0.2, 0.25) is 0 Å². The maximum atomic E-state index is 11.1. The number of alkyl halides is 1. The lowest BCUT2D eigenvalue weighted by Crippen LogP contribution is -2.10. The first kappa shape index (κ1) is 13.8. The molecule has 0 aromatic heterocycles. The third-order valence-corrected chi connectivity index (χ3v) is 2.29. The molecule has 0 unspecified atom stereocenters. The second-order valence-corrected chi connectivity index (χ2v) is 3.63. The van der Waals surface area contributed by atoms with Crippen molar-refractivity contribution in [3.05, 3.63) is 23.8 Å². The molecule has 1 aromatic carbocycles. The summed E-state index contributed by atoms with van der Waals surface area (Å²) in [5.74, 6) is 0.241. The van der Waals surface area contributed by atoms with E-state index in [1.807, 2.05) is 19.1 Å². The number of ether oxygens (including phenoxy) is 2. The summed E-state index contributed by atoms with van der Waals surface area (Å²) in [5.41, 5.74) is 6.52. The summed E-state index contributed by atoms with van der Waals surface area (Å²) in [7, 11) is 0. The van der Waals surface area contributed by atoms with Gasteiger partial charge in [0, 0.05) is 0 Å². The van der Waals surface area contributed by atoms with Crippen molar-refractivity contribution in [1.82, 2.24) is 0 Å². The largest absolute Gasteiger partial charge is 0.490 e. The molecule has 0 saturated heterocycles. The predicted octanol–water partition coefficient (Wildman–Crippen LogP) is 1.73. The van der Waals surface area contributed by atoms with Crippen LogP contribution in [-0.4, -0.2) is 25.0 Å². The number of esters is 1. The van der Waals surface area contributed by atoms with Crippen molar-refractivity contribution in [1.29, 1.82) is 0 Å². The predicted molar refractivity (Wildman–Crippen MR) is 66.7 cm³/mol. The van der Waals surface area contributed by atoms with Crippen LogP contribution in [0.1, 0.15) is 12.5 Å². The van der Waals surface area contributed by atoms with Gasteiger partial charge in [0.2, 0.25) is 0 Å². The molecule has 0 aliphatic carbocycles. The van der Waals surface area contributed by atoms with E-state index in [1.54, 1.807) is 6.07 Å². The van der Waals surface area contributed by atoms with Crippen molar-refractivity contribution in [3.8, 4) is 11.5 Å². The third kappa shape index (κ3) is 4.24. The summed E-state index contributed by atoms with van der Waals surface area (Å²) in [6, 6.07) is 5.37. The molecule has 4 nitrogen and oxygen atoms in total. The summed E-state index contributed by atoms with van der Waals surface area (Å²) in [6.45, 7) is 2.92. The van der Waals surface area contributed by atoms with E-state index in [0.717, 1.165) is 12.0 Å². The van der Waals surface area contributed by atoms with Crippen LogP contribution in [0.4, 0.5) is 0 Å². The molecular formula is C12H16ClNO3. The first-order valence-electron chi connectivity index (χ1n) is 5.43. The van der Waals surface area contributed by atoms with Crippen LogP contribution in [0, 0.1) is 0 Å². The Kier molecular flexibility index (Phi) is 5.80. The smallest absolute Gasteiger partial charge is 0.326 e. The van der Waals surface area contributed by atoms with Crippen LogP contribution in [0.5, 0.6) is 11.5 Å². The Morgan fingerprint density at radius 1 is 1.41 bits per heavy atom. The molecule has 0 fully saturated rings. The van der Waals surface area contributed by atoms with Crippen molar-refractivity contribution in [2.45, 2.75) is 13.3 Å². The molecule has 0 radical (unpaired) electrons. The van der Waals surface area contributed by atoms with Crippen molar-refractivity contribution in [2.75, 3.05) is 19.0 Å². The maximum absolute atomic E-state index is 11.1. The number of hydrogen-bond donors (Lipinski definition) is 1. The van der Waals surface area contributed by atoms with Crippen LogP contribution in [-0.2, 0) is 11.2 Å². The molecule has 0 spiro atoms. The van der Waals surface area contributed by atoms with Crippen LogP contribution >= 0.6 is 11.6 Å². The zero-order valence-corrected chi connectivity index (χ0v) is 10.5. The quantitative estimate of drug-likeness (QED) is 0.479. The van der Waals surface area contributed by atoms with E-state index in [9.17, 15) is 4.79 Å². The van der Waals surface area contributed by atoms with E-state index < -0.39 is 5.97 Å². The maximum Gasteiger partial charge on any atom is 0.326 e. The zero-order chi connectivity index (χ0) is 12.7. The van der Waals surface area contributed by atoms with Gasteiger partial charge in [0.1, 0.15) is 5.88 Å². The topological polar surface area (TPSA) is 61.6 Å². The fourth-order valence-corrected chi connectivity index (χ4v) is 1.43. The molecule has 0 heterocycles. The van der Waals surface area contributed by atoms with Gasteiger partial charge in [0.25, 0.3) is 0 Å². The normalized spacial score (nSPS) is 10.1. The minimum absolute atomic E-state index is 0.184. The average molecular weight is 258 g/mol. The van der Waals surface area contributed by atoms with E-state index in [2.05, 4.69) is 0 Å². The van der Waals surface area contributed by atoms with Gasteiger partial charge in [-0.3, -0.25) is 4.79 Å². The highest BCUT2D eigenvalue weighted by Gasteiger charge is 2.10. The van der Waals surface area contributed by atoms with Crippen molar-refractivity contribution in [3.63, 3.8) is 0 Å². The van der Waals surface area contributed by atoms with E-state index >= 15 is 0 Å². The highest BCUT2D eigenvalue weighted by Crippen LogP contribution is 2.28. The van der Waals surface area contributed by atoms with Gasteiger partial charge >= 0.3 is 5.97 Å². The van der Waals surface area contributed by atoms with Crippen LogP contribution < -0.4 is 15.2 Å². The Morgan fingerprint density at radius 2 is 2.18 bits per heavy atom. The van der Waals surface area contributed by atoms with Crippen LogP contribution in [0.3, 0.4) is 0 Å². The van der Waals surface area contributed by atoms with Crippen LogP contribution in [0.15, 0.2) is 18.2 Å². The number of nitrogens with two attached hydrogens (primary N) is 1. The van der Waals surface area contributed by atoms with Gasteiger partial charge in [-0.25, -0.2) is 0 Å². The summed E-state index contributed by atoms with van der Waals surface area (Å²) in [6.07, 6.45) is 0.754. The molecule has 0 aliphatic heterocycles. The lowest BCUT2D eigenvalue weighted by molar-refractivity contribution is -0.131. The van der Waals surface area contributed by atoms with Crippen molar-refractivity contribution < 1.29 is 14.3 Å². The first-order valence-corrected chi connectivity index (χ1v) is 5.97. The van der Waals surface area contributed by atoms with Gasteiger partial charge in [-0.1, -0.05) is 6.07 Å². The molecule has 17 heavy (non-hydrogen) atoms. The molecule has 0 amide bonds. The van der Waals surface area contributed by atoms with E-state index in [-0.39, 0.29) is 5.88 Å². The number of hydrogen-bond acceptors (Lipinski definition) is 4. The molecule has 0 saturated carbocycles. The Balaban J connectivity index is 2.90. The Labute approximate surface area is 106 Å². The standard InChI is InChI=1S/C12H16ClNO3/c1-2-16-11-7-9(5-6-14)3-4-10(11)17-12(15)8-13/h3-4,7H,2,5-6,8,14H2,1H3. The van der Waals surface area contributed by atoms with Gasteiger partial charge in [-0.2, -0.15) is 0 Å². The van der Waals surface area contributed by atoms with E-state index in [4.69, 9.17) is 26.8 Å². The molecule has 1 rings (SSSR count). The fraction of sp³-hybridized carbons (Fsp3) is 0.417. The Morgan fingerprint density at radius 3 is 2.76 bits per heavy atom. The Bertz CT molecular complexity index is 382. The summed E-state index contributed by atoms with van der Waals surface area (Å²) >= 11 is 5.38. The molecule has 94 valence electrons. The molecular weight excluding hydrogens is 242 g/mol. The molecule has 0 atom stereocenters. The molecule has 0 bridgehead atoms. The highest BCUT2D eigenvalue weighted by atomic mass is 35.5. The molecule has 5 heteroatoms. The average Bonchev–Trinajstić information content (AvgIpc) is 2.33. The second-order valence-electron chi connectivity index (χ2n) is 3.36. The fourth-order valence-electron chi connectivity index (χ4n) is 1.38. The number of rotatable bonds is 6. The van der Waals surface area contributed by atoms with Gasteiger partial charge in [-0.15, -0.1) is 11.6 Å². The van der Waals surface area contributed by atoms with Crippen molar-refractivity contribution >= 4 is 17.6 Å². The number of carbonyl (C=O) groups is 1. The van der Waals surface area contributed by atoms with Gasteiger partial charge < -0.3 is 15.2 Å². The molecule has 1 aromatic rings. The summed E-state index contributed by atoms with van der Waals surface area (Å²) in [5, 5.41) is 0. The second kappa shape index (κ2) is 7.14.